The second-order valence-electron chi connectivity index (χ2n) is 6.96. The molecule has 0 saturated heterocycles. The van der Waals surface area contributed by atoms with Gasteiger partial charge in [0.1, 0.15) is 17.8 Å². The summed E-state index contributed by atoms with van der Waals surface area (Å²) in [5.41, 5.74) is 3.32. The summed E-state index contributed by atoms with van der Waals surface area (Å²) < 4.78 is 0. The molecule has 0 unspecified atom stereocenters. The molecule has 1 aromatic carbocycles. The number of nitrogens with zero attached hydrogens (tertiary/aromatic N) is 2. The number of hydrogen-bond acceptors (Lipinski definition) is 3. The Hall–Kier alpha value is -2.69. The minimum atomic E-state index is -0.0453. The Morgan fingerprint density at radius 2 is 1.88 bits per heavy atom. The third-order valence-corrected chi connectivity index (χ3v) is 4.07. The van der Waals surface area contributed by atoms with E-state index in [1.54, 1.807) is 6.20 Å². The maximum Gasteiger partial charge on any atom is 0.225 e. The Kier molecular flexibility index (Phi) is 4.34. The van der Waals surface area contributed by atoms with Crippen LogP contribution in [-0.4, -0.2) is 20.9 Å². The van der Waals surface area contributed by atoms with Crippen molar-refractivity contribution < 1.29 is 4.79 Å². The number of aryl methyl sites for hydroxylation is 1. The number of nitrogens with one attached hydrogen (secondary N) is 2. The summed E-state index contributed by atoms with van der Waals surface area (Å²) >= 11 is 0. The van der Waals surface area contributed by atoms with E-state index in [1.165, 1.54) is 11.9 Å². The molecule has 2 N–H and O–H groups in total. The number of H-pyrrole nitrogens is 1. The molecule has 0 radical (unpaired) electrons. The first kappa shape index (κ1) is 16.2. The van der Waals surface area contributed by atoms with Crippen LogP contribution in [0.3, 0.4) is 0 Å². The Labute approximate surface area is 141 Å². The Morgan fingerprint density at radius 3 is 2.58 bits per heavy atom. The van der Waals surface area contributed by atoms with Gasteiger partial charge < -0.3 is 10.3 Å². The average Bonchev–Trinajstić information content (AvgIpc) is 3.02. The lowest BCUT2D eigenvalue weighted by Crippen LogP contribution is -2.14. The van der Waals surface area contributed by atoms with Crippen LogP contribution in [0.2, 0.25) is 0 Å². The van der Waals surface area contributed by atoms with Gasteiger partial charge in [-0.1, -0.05) is 45.0 Å². The zero-order chi connectivity index (χ0) is 17.2. The molecule has 24 heavy (non-hydrogen) atoms. The van der Waals surface area contributed by atoms with Crippen LogP contribution in [-0.2, 0) is 16.6 Å². The fourth-order valence-electron chi connectivity index (χ4n) is 2.60. The summed E-state index contributed by atoms with van der Waals surface area (Å²) in [5.74, 6) is 0.505. The molecule has 0 aliphatic heterocycles. The molecule has 0 aliphatic carbocycles. The van der Waals surface area contributed by atoms with E-state index in [0.29, 0.717) is 18.7 Å². The maximum atomic E-state index is 12.2. The molecule has 0 aliphatic rings. The monoisotopic (exact) mass is 322 g/mol. The third kappa shape index (κ3) is 3.62. The molecule has 5 nitrogen and oxygen atoms in total. The van der Waals surface area contributed by atoms with Crippen molar-refractivity contribution in [2.45, 2.75) is 39.0 Å². The van der Waals surface area contributed by atoms with Crippen molar-refractivity contribution in [1.29, 1.82) is 0 Å². The number of amides is 1. The second kappa shape index (κ2) is 6.43. The number of fused-ring (bicyclic) bond motifs is 1. The van der Waals surface area contributed by atoms with Crippen molar-refractivity contribution in [2.24, 2.45) is 0 Å². The summed E-state index contributed by atoms with van der Waals surface area (Å²) in [6, 6.07) is 10.3. The topological polar surface area (TPSA) is 70.7 Å². The third-order valence-electron chi connectivity index (χ3n) is 4.07. The van der Waals surface area contributed by atoms with E-state index < -0.39 is 0 Å². The molecule has 2 heterocycles. The van der Waals surface area contributed by atoms with Gasteiger partial charge in [0.05, 0.1) is 5.39 Å². The maximum absolute atomic E-state index is 12.2. The number of carbonyl (C=O) groups excluding carboxylic acids is 1. The molecule has 1 amide bonds. The minimum absolute atomic E-state index is 0.0453. The van der Waals surface area contributed by atoms with Gasteiger partial charge in [0.2, 0.25) is 5.91 Å². The zero-order valence-electron chi connectivity index (χ0n) is 14.3. The highest BCUT2D eigenvalue weighted by molar-refractivity contribution is 5.98. The van der Waals surface area contributed by atoms with Gasteiger partial charge in [0, 0.05) is 12.6 Å². The number of aromatic amines is 1. The number of benzene rings is 1. The highest BCUT2D eigenvalue weighted by atomic mass is 16.1. The lowest BCUT2D eigenvalue weighted by molar-refractivity contribution is -0.116. The number of anilines is 1. The molecule has 3 rings (SSSR count). The fourth-order valence-corrected chi connectivity index (χ4v) is 2.60. The van der Waals surface area contributed by atoms with Gasteiger partial charge >= 0.3 is 0 Å². The summed E-state index contributed by atoms with van der Waals surface area (Å²) in [6.07, 6.45) is 4.36. The normalized spacial score (nSPS) is 11.6. The molecule has 3 aromatic rings. The quantitative estimate of drug-likeness (QED) is 0.767. The van der Waals surface area contributed by atoms with Crippen LogP contribution < -0.4 is 5.32 Å². The second-order valence-corrected chi connectivity index (χ2v) is 6.96. The smallest absolute Gasteiger partial charge is 0.225 e. The molecule has 5 heteroatoms. The SMILES string of the molecule is CC(C)(C)c1ccc(CCC(=O)Nc2ncnc3[nH]ccc23)cc1. The van der Waals surface area contributed by atoms with Crippen molar-refractivity contribution in [1.82, 2.24) is 15.0 Å². The lowest BCUT2D eigenvalue weighted by Gasteiger charge is -2.19. The van der Waals surface area contributed by atoms with E-state index in [1.807, 2.05) is 6.07 Å². The van der Waals surface area contributed by atoms with Crippen LogP contribution in [0.1, 0.15) is 38.3 Å². The van der Waals surface area contributed by atoms with Crippen molar-refractivity contribution in [3.05, 3.63) is 54.0 Å². The van der Waals surface area contributed by atoms with E-state index in [9.17, 15) is 4.79 Å². The molecule has 0 bridgehead atoms. The van der Waals surface area contributed by atoms with Gasteiger partial charge in [-0.3, -0.25) is 4.79 Å². The molecular weight excluding hydrogens is 300 g/mol. The van der Waals surface area contributed by atoms with Crippen molar-refractivity contribution in [3.63, 3.8) is 0 Å². The standard InChI is InChI=1S/C19H22N4O/c1-19(2,3)14-7-4-13(5-8-14)6-9-16(24)23-18-15-10-11-20-17(15)21-12-22-18/h4-5,7-8,10-12H,6,9H2,1-3H3,(H2,20,21,22,23,24). The molecular formula is C19H22N4O. The van der Waals surface area contributed by atoms with E-state index in [0.717, 1.165) is 16.6 Å². The van der Waals surface area contributed by atoms with E-state index in [2.05, 4.69) is 65.3 Å². The van der Waals surface area contributed by atoms with Crippen LogP contribution in [0.4, 0.5) is 5.82 Å². The average molecular weight is 322 g/mol. The van der Waals surface area contributed by atoms with Gasteiger partial charge in [0.15, 0.2) is 0 Å². The largest absolute Gasteiger partial charge is 0.346 e. The highest BCUT2D eigenvalue weighted by Gasteiger charge is 2.13. The van der Waals surface area contributed by atoms with Crippen LogP contribution in [0, 0.1) is 0 Å². The Morgan fingerprint density at radius 1 is 1.12 bits per heavy atom. The van der Waals surface area contributed by atoms with Crippen molar-refractivity contribution >= 4 is 22.8 Å². The van der Waals surface area contributed by atoms with E-state index in [4.69, 9.17) is 0 Å². The predicted octanol–water partition coefficient (Wildman–Crippen LogP) is 3.83. The first-order chi connectivity index (χ1) is 11.4. The van der Waals surface area contributed by atoms with Crippen LogP contribution in [0.15, 0.2) is 42.9 Å². The Balaban J connectivity index is 1.61. The van der Waals surface area contributed by atoms with Crippen LogP contribution >= 0.6 is 0 Å². The predicted molar refractivity (Wildman–Crippen MR) is 96.0 cm³/mol. The summed E-state index contributed by atoms with van der Waals surface area (Å²) in [7, 11) is 0. The Bertz CT molecular complexity index is 844. The molecule has 0 fully saturated rings. The minimum Gasteiger partial charge on any atom is -0.346 e. The van der Waals surface area contributed by atoms with Gasteiger partial charge in [-0.25, -0.2) is 9.97 Å². The number of rotatable bonds is 4. The molecule has 0 atom stereocenters. The molecule has 0 saturated carbocycles. The molecule has 0 spiro atoms. The molecule has 2 aromatic heterocycles. The number of carbonyl (C=O) groups is 1. The summed E-state index contributed by atoms with van der Waals surface area (Å²) in [4.78, 5) is 23.5. The summed E-state index contributed by atoms with van der Waals surface area (Å²) in [6.45, 7) is 6.58. The first-order valence-electron chi connectivity index (χ1n) is 8.11. The van der Waals surface area contributed by atoms with Crippen LogP contribution in [0.5, 0.6) is 0 Å². The highest BCUT2D eigenvalue weighted by Crippen LogP contribution is 2.22. The number of hydrogen-bond donors (Lipinski definition) is 2. The van der Waals surface area contributed by atoms with Gasteiger partial charge in [-0.15, -0.1) is 0 Å². The van der Waals surface area contributed by atoms with Gasteiger partial charge in [-0.2, -0.15) is 0 Å². The molecule has 124 valence electrons. The first-order valence-corrected chi connectivity index (χ1v) is 8.11. The number of aromatic nitrogens is 3. The van der Waals surface area contributed by atoms with Crippen molar-refractivity contribution in [3.8, 4) is 0 Å². The zero-order valence-corrected chi connectivity index (χ0v) is 14.3. The lowest BCUT2D eigenvalue weighted by atomic mass is 9.86. The van der Waals surface area contributed by atoms with Crippen LogP contribution in [0.25, 0.3) is 11.0 Å². The summed E-state index contributed by atoms with van der Waals surface area (Å²) in [5, 5.41) is 3.69. The fraction of sp³-hybridized carbons (Fsp3) is 0.316. The van der Waals surface area contributed by atoms with Gasteiger partial charge in [0.25, 0.3) is 0 Å². The van der Waals surface area contributed by atoms with E-state index >= 15 is 0 Å². The van der Waals surface area contributed by atoms with Gasteiger partial charge in [-0.05, 0) is 29.0 Å². The van der Waals surface area contributed by atoms with E-state index in [-0.39, 0.29) is 11.3 Å². The van der Waals surface area contributed by atoms with Crippen molar-refractivity contribution in [2.75, 3.05) is 5.32 Å².